The predicted molar refractivity (Wildman–Crippen MR) is 138 cm³/mol. The van der Waals surface area contributed by atoms with E-state index in [1.807, 2.05) is 37.3 Å². The van der Waals surface area contributed by atoms with E-state index in [2.05, 4.69) is 6.92 Å². The number of fused-ring (bicyclic) bond motifs is 1. The number of furan rings is 1. The minimum Gasteiger partial charge on any atom is -0.507 e. The molecule has 3 aromatic rings. The summed E-state index contributed by atoms with van der Waals surface area (Å²) in [5, 5.41) is 11.4. The summed E-state index contributed by atoms with van der Waals surface area (Å²) in [4.78, 5) is 28.1. The van der Waals surface area contributed by atoms with Crippen LogP contribution in [0.15, 0.2) is 70.9 Å². The zero-order chi connectivity index (χ0) is 25.9. The maximum absolute atomic E-state index is 13.4. The molecule has 0 spiro atoms. The molecule has 1 saturated heterocycles. The SMILES string of the molecule is CCCCCOc1cccc(C2C(=C(O)c3ccc4c(c3)CC(C)O4)C(=O)C(=O)N2Cc2ccco2)c1. The van der Waals surface area contributed by atoms with E-state index in [-0.39, 0.29) is 24.0 Å². The van der Waals surface area contributed by atoms with Gasteiger partial charge in [0, 0.05) is 12.0 Å². The van der Waals surface area contributed by atoms with Crippen LogP contribution in [0.4, 0.5) is 0 Å². The Bertz CT molecular complexity index is 1330. The van der Waals surface area contributed by atoms with E-state index >= 15 is 0 Å². The molecule has 2 aromatic carbocycles. The van der Waals surface area contributed by atoms with Crippen molar-refractivity contribution in [2.75, 3.05) is 6.61 Å². The minimum absolute atomic E-state index is 0.0475. The van der Waals surface area contributed by atoms with E-state index in [4.69, 9.17) is 13.9 Å². The highest BCUT2D eigenvalue weighted by molar-refractivity contribution is 6.46. The highest BCUT2D eigenvalue weighted by Gasteiger charge is 2.46. The lowest BCUT2D eigenvalue weighted by Gasteiger charge is -2.25. The number of ether oxygens (including phenoxy) is 2. The van der Waals surface area contributed by atoms with Gasteiger partial charge in [-0.15, -0.1) is 0 Å². The van der Waals surface area contributed by atoms with E-state index in [1.165, 1.54) is 11.2 Å². The van der Waals surface area contributed by atoms with Crippen molar-refractivity contribution in [1.82, 2.24) is 4.90 Å². The maximum atomic E-state index is 13.4. The van der Waals surface area contributed by atoms with Gasteiger partial charge in [-0.05, 0) is 66.9 Å². The highest BCUT2D eigenvalue weighted by atomic mass is 16.5. The zero-order valence-corrected chi connectivity index (χ0v) is 21.1. The third-order valence-electron chi connectivity index (χ3n) is 6.81. The summed E-state index contributed by atoms with van der Waals surface area (Å²) in [7, 11) is 0. The van der Waals surface area contributed by atoms with Crippen LogP contribution in [0, 0.1) is 0 Å². The Labute approximate surface area is 216 Å². The lowest BCUT2D eigenvalue weighted by atomic mass is 9.94. The van der Waals surface area contributed by atoms with Crippen LogP contribution in [-0.4, -0.2) is 34.4 Å². The molecular weight excluding hydrogens is 470 g/mol. The fourth-order valence-corrected chi connectivity index (χ4v) is 5.00. The lowest BCUT2D eigenvalue weighted by molar-refractivity contribution is -0.140. The fraction of sp³-hybridized carbons (Fsp3) is 0.333. The van der Waals surface area contributed by atoms with Gasteiger partial charge < -0.3 is 23.9 Å². The van der Waals surface area contributed by atoms with Gasteiger partial charge in [0.25, 0.3) is 11.7 Å². The Kier molecular flexibility index (Phi) is 7.04. The molecule has 0 radical (unpaired) electrons. The fourth-order valence-electron chi connectivity index (χ4n) is 5.00. The maximum Gasteiger partial charge on any atom is 0.296 e. The predicted octanol–water partition coefficient (Wildman–Crippen LogP) is 5.79. The van der Waals surface area contributed by atoms with Crippen molar-refractivity contribution >= 4 is 17.4 Å². The van der Waals surface area contributed by atoms with Crippen molar-refractivity contribution in [1.29, 1.82) is 0 Å². The summed E-state index contributed by atoms with van der Waals surface area (Å²) >= 11 is 0. The molecule has 2 aliphatic heterocycles. The van der Waals surface area contributed by atoms with Crippen LogP contribution in [0.2, 0.25) is 0 Å². The van der Waals surface area contributed by atoms with Gasteiger partial charge >= 0.3 is 0 Å². The monoisotopic (exact) mass is 501 g/mol. The van der Waals surface area contributed by atoms with E-state index < -0.39 is 17.7 Å². The molecule has 7 nitrogen and oxygen atoms in total. The number of Topliss-reactive ketones (excluding diaryl/α,β-unsaturated/α-hetero) is 1. The number of ketones is 1. The summed E-state index contributed by atoms with van der Waals surface area (Å²) in [5.74, 6) is 0.348. The van der Waals surface area contributed by atoms with Gasteiger partial charge in [-0.2, -0.15) is 0 Å². The quantitative estimate of drug-likeness (QED) is 0.173. The second-order valence-corrected chi connectivity index (χ2v) is 9.59. The highest BCUT2D eigenvalue weighted by Crippen LogP contribution is 2.42. The number of nitrogens with zero attached hydrogens (tertiary/aromatic N) is 1. The summed E-state index contributed by atoms with van der Waals surface area (Å²) in [6.45, 7) is 4.80. The van der Waals surface area contributed by atoms with Crippen molar-refractivity contribution in [2.24, 2.45) is 0 Å². The summed E-state index contributed by atoms with van der Waals surface area (Å²) in [6, 6.07) is 15.4. The molecule has 37 heavy (non-hydrogen) atoms. The van der Waals surface area contributed by atoms with Crippen molar-refractivity contribution in [3.63, 3.8) is 0 Å². The molecule has 0 aliphatic carbocycles. The molecular formula is C30H31NO6. The van der Waals surface area contributed by atoms with Crippen molar-refractivity contribution in [3.05, 3.63) is 88.9 Å². The van der Waals surface area contributed by atoms with Gasteiger partial charge in [0.2, 0.25) is 0 Å². The second kappa shape index (κ2) is 10.5. The van der Waals surface area contributed by atoms with Crippen molar-refractivity contribution in [3.8, 4) is 11.5 Å². The van der Waals surface area contributed by atoms with E-state index in [0.29, 0.717) is 35.7 Å². The number of rotatable bonds is 9. The van der Waals surface area contributed by atoms with Crippen molar-refractivity contribution < 1.29 is 28.6 Å². The second-order valence-electron chi connectivity index (χ2n) is 9.59. The molecule has 0 bridgehead atoms. The molecule has 3 heterocycles. The first-order valence-electron chi connectivity index (χ1n) is 12.8. The van der Waals surface area contributed by atoms with Crippen LogP contribution >= 0.6 is 0 Å². The van der Waals surface area contributed by atoms with Gasteiger partial charge in [-0.3, -0.25) is 9.59 Å². The number of aliphatic hydroxyl groups excluding tert-OH is 1. The topological polar surface area (TPSA) is 89.2 Å². The Hall–Kier alpha value is -4.00. The molecule has 5 rings (SSSR count). The zero-order valence-electron chi connectivity index (χ0n) is 21.1. The molecule has 1 N–H and O–H groups in total. The van der Waals surface area contributed by atoms with Crippen LogP contribution in [0.5, 0.6) is 11.5 Å². The minimum atomic E-state index is -0.798. The van der Waals surface area contributed by atoms with Gasteiger partial charge in [-0.1, -0.05) is 31.9 Å². The summed E-state index contributed by atoms with van der Waals surface area (Å²) in [6.07, 6.45) is 5.40. The molecule has 1 aromatic heterocycles. The Morgan fingerprint density at radius 1 is 1.11 bits per heavy atom. The van der Waals surface area contributed by atoms with E-state index in [1.54, 1.807) is 24.3 Å². The van der Waals surface area contributed by atoms with Crippen LogP contribution < -0.4 is 9.47 Å². The number of hydrogen-bond donors (Lipinski definition) is 1. The number of carbonyl (C=O) groups excluding carboxylic acids is 2. The van der Waals surface area contributed by atoms with Crippen LogP contribution in [0.3, 0.4) is 0 Å². The first kappa shape index (κ1) is 24.7. The lowest BCUT2D eigenvalue weighted by Crippen LogP contribution is -2.29. The third kappa shape index (κ3) is 4.99. The van der Waals surface area contributed by atoms with E-state index in [9.17, 15) is 14.7 Å². The first-order valence-corrected chi connectivity index (χ1v) is 12.8. The van der Waals surface area contributed by atoms with Crippen LogP contribution in [0.1, 0.15) is 61.6 Å². The molecule has 192 valence electrons. The molecule has 7 heteroatoms. The average molecular weight is 502 g/mol. The van der Waals surface area contributed by atoms with Gasteiger partial charge in [0.1, 0.15) is 29.1 Å². The Morgan fingerprint density at radius 2 is 1.97 bits per heavy atom. The summed E-state index contributed by atoms with van der Waals surface area (Å²) < 4.78 is 17.2. The Balaban J connectivity index is 1.56. The largest absolute Gasteiger partial charge is 0.507 e. The number of benzene rings is 2. The normalized spacial score (nSPS) is 20.2. The van der Waals surface area contributed by atoms with Crippen LogP contribution in [0.25, 0.3) is 5.76 Å². The first-order chi connectivity index (χ1) is 18.0. The van der Waals surface area contributed by atoms with Gasteiger partial charge in [-0.25, -0.2) is 0 Å². The number of aliphatic hydroxyl groups is 1. The molecule has 1 amide bonds. The number of likely N-dealkylation sites (tertiary alicyclic amines) is 1. The molecule has 2 aliphatic rings. The standard InChI is InChI=1S/C30H31NO6/c1-3-4-5-13-35-23-9-6-8-20(17-23)27-26(29(33)30(34)31(27)18-24-10-7-14-36-24)28(32)21-11-12-25-22(16-21)15-19(2)37-25/h6-12,14,16-17,19,27,32H,3-5,13,15,18H2,1-2H3. The molecule has 0 saturated carbocycles. The molecule has 1 fully saturated rings. The molecule has 2 unspecified atom stereocenters. The molecule has 2 atom stereocenters. The average Bonchev–Trinajstić information content (AvgIpc) is 3.60. The smallest absolute Gasteiger partial charge is 0.296 e. The number of carbonyl (C=O) groups is 2. The van der Waals surface area contributed by atoms with Gasteiger partial charge in [0.15, 0.2) is 0 Å². The van der Waals surface area contributed by atoms with Crippen molar-refractivity contribution in [2.45, 2.75) is 58.2 Å². The summed E-state index contributed by atoms with van der Waals surface area (Å²) in [5.41, 5.74) is 2.16. The van der Waals surface area contributed by atoms with Crippen LogP contribution in [-0.2, 0) is 22.6 Å². The van der Waals surface area contributed by atoms with Gasteiger partial charge in [0.05, 0.1) is 31.0 Å². The number of unbranched alkanes of at least 4 members (excludes halogenated alkanes) is 2. The van der Waals surface area contributed by atoms with E-state index in [0.717, 1.165) is 30.6 Å². The number of amides is 1. The third-order valence-corrected chi connectivity index (χ3v) is 6.81. The Morgan fingerprint density at radius 3 is 2.76 bits per heavy atom. The number of hydrogen-bond acceptors (Lipinski definition) is 6.